The Morgan fingerprint density at radius 2 is 2.21 bits per heavy atom. The highest BCUT2D eigenvalue weighted by atomic mass is 16.1. The molecule has 19 heavy (non-hydrogen) atoms. The van der Waals surface area contributed by atoms with Crippen molar-refractivity contribution in [2.75, 3.05) is 33.7 Å². The highest BCUT2D eigenvalue weighted by Gasteiger charge is 2.00. The number of hydrogen-bond acceptors (Lipinski definition) is 4. The zero-order chi connectivity index (χ0) is 13.9. The first-order chi connectivity index (χ1) is 9.18. The second-order valence-electron chi connectivity index (χ2n) is 4.79. The topological polar surface area (TPSA) is 57.3 Å². The quantitative estimate of drug-likeness (QED) is 0.642. The first-order valence-corrected chi connectivity index (χ1v) is 6.69. The van der Waals surface area contributed by atoms with Gasteiger partial charge in [0.1, 0.15) is 0 Å². The average Bonchev–Trinajstić information content (AvgIpc) is 2.41. The van der Waals surface area contributed by atoms with Crippen molar-refractivity contribution in [3.05, 3.63) is 30.1 Å². The molecule has 1 aromatic rings. The summed E-state index contributed by atoms with van der Waals surface area (Å²) in [6.45, 7) is 3.30. The Morgan fingerprint density at radius 1 is 1.37 bits per heavy atom. The van der Waals surface area contributed by atoms with Gasteiger partial charge in [-0.05, 0) is 45.2 Å². The van der Waals surface area contributed by atoms with Gasteiger partial charge in [0.15, 0.2) is 0 Å². The van der Waals surface area contributed by atoms with Crippen LogP contribution in [-0.2, 0) is 11.3 Å². The fourth-order valence-electron chi connectivity index (χ4n) is 1.64. The van der Waals surface area contributed by atoms with E-state index in [4.69, 9.17) is 0 Å². The van der Waals surface area contributed by atoms with E-state index in [1.54, 1.807) is 12.4 Å². The van der Waals surface area contributed by atoms with Crippen molar-refractivity contribution in [1.82, 2.24) is 20.5 Å². The van der Waals surface area contributed by atoms with Crippen LogP contribution in [0.4, 0.5) is 0 Å². The van der Waals surface area contributed by atoms with E-state index in [1.807, 2.05) is 12.1 Å². The summed E-state index contributed by atoms with van der Waals surface area (Å²) in [6.07, 6.45) is 5.11. The fraction of sp³-hybridized carbons (Fsp3) is 0.571. The SMILES string of the molecule is CN(C)CCCNCCC(=O)NCc1cccnc1. The van der Waals surface area contributed by atoms with Crippen LogP contribution in [0, 0.1) is 0 Å². The highest BCUT2D eigenvalue weighted by molar-refractivity contribution is 5.76. The zero-order valence-corrected chi connectivity index (χ0v) is 11.9. The summed E-state index contributed by atoms with van der Waals surface area (Å²) >= 11 is 0. The van der Waals surface area contributed by atoms with Gasteiger partial charge >= 0.3 is 0 Å². The minimum Gasteiger partial charge on any atom is -0.352 e. The van der Waals surface area contributed by atoms with E-state index in [9.17, 15) is 4.79 Å². The molecule has 0 radical (unpaired) electrons. The van der Waals surface area contributed by atoms with Gasteiger partial charge in [-0.15, -0.1) is 0 Å². The van der Waals surface area contributed by atoms with Gasteiger partial charge in [0, 0.05) is 31.9 Å². The Bertz CT molecular complexity index is 354. The second kappa shape index (κ2) is 9.47. The molecule has 1 aromatic heterocycles. The maximum atomic E-state index is 11.6. The summed E-state index contributed by atoms with van der Waals surface area (Å²) in [5, 5.41) is 6.15. The Hall–Kier alpha value is -1.46. The molecule has 0 saturated heterocycles. The molecule has 5 heteroatoms. The van der Waals surface area contributed by atoms with Crippen LogP contribution < -0.4 is 10.6 Å². The van der Waals surface area contributed by atoms with Crippen LogP contribution in [0.25, 0.3) is 0 Å². The van der Waals surface area contributed by atoms with Crippen LogP contribution in [0.2, 0.25) is 0 Å². The molecular formula is C14H24N4O. The minimum atomic E-state index is 0.0731. The molecule has 0 bridgehead atoms. The number of hydrogen-bond donors (Lipinski definition) is 2. The Balaban J connectivity index is 1.99. The number of carbonyl (C=O) groups is 1. The molecule has 2 N–H and O–H groups in total. The molecule has 0 aliphatic rings. The monoisotopic (exact) mass is 264 g/mol. The molecule has 0 atom stereocenters. The lowest BCUT2D eigenvalue weighted by atomic mass is 10.3. The molecule has 5 nitrogen and oxygen atoms in total. The number of pyridine rings is 1. The van der Waals surface area contributed by atoms with E-state index >= 15 is 0 Å². The normalized spacial score (nSPS) is 10.7. The lowest BCUT2D eigenvalue weighted by Gasteiger charge is -2.09. The highest BCUT2D eigenvalue weighted by Crippen LogP contribution is 1.94. The van der Waals surface area contributed by atoms with Gasteiger partial charge in [-0.25, -0.2) is 0 Å². The van der Waals surface area contributed by atoms with E-state index in [2.05, 4.69) is 34.6 Å². The third-order valence-corrected chi connectivity index (χ3v) is 2.70. The standard InChI is InChI=1S/C14H24N4O/c1-18(2)10-4-8-15-9-6-14(19)17-12-13-5-3-7-16-11-13/h3,5,7,11,15H,4,6,8-10,12H2,1-2H3,(H,17,19). The summed E-state index contributed by atoms with van der Waals surface area (Å²) in [6, 6.07) is 3.82. The average molecular weight is 264 g/mol. The summed E-state index contributed by atoms with van der Waals surface area (Å²) < 4.78 is 0. The number of amides is 1. The molecule has 0 saturated carbocycles. The maximum absolute atomic E-state index is 11.6. The zero-order valence-electron chi connectivity index (χ0n) is 11.9. The Morgan fingerprint density at radius 3 is 2.89 bits per heavy atom. The van der Waals surface area contributed by atoms with Crippen molar-refractivity contribution in [3.63, 3.8) is 0 Å². The minimum absolute atomic E-state index is 0.0731. The lowest BCUT2D eigenvalue weighted by Crippen LogP contribution is -2.28. The van der Waals surface area contributed by atoms with Crippen LogP contribution in [0.3, 0.4) is 0 Å². The van der Waals surface area contributed by atoms with Gasteiger partial charge in [0.25, 0.3) is 0 Å². The predicted molar refractivity (Wildman–Crippen MR) is 76.7 cm³/mol. The number of aromatic nitrogens is 1. The number of carbonyl (C=O) groups excluding carboxylic acids is 1. The number of rotatable bonds is 9. The largest absolute Gasteiger partial charge is 0.352 e. The molecular weight excluding hydrogens is 240 g/mol. The van der Waals surface area contributed by atoms with Crippen molar-refractivity contribution in [2.45, 2.75) is 19.4 Å². The fourth-order valence-corrected chi connectivity index (χ4v) is 1.64. The van der Waals surface area contributed by atoms with E-state index < -0.39 is 0 Å². The maximum Gasteiger partial charge on any atom is 0.221 e. The molecule has 0 spiro atoms. The van der Waals surface area contributed by atoms with Gasteiger partial charge < -0.3 is 15.5 Å². The van der Waals surface area contributed by atoms with E-state index in [0.29, 0.717) is 13.0 Å². The summed E-state index contributed by atoms with van der Waals surface area (Å²) in [5.74, 6) is 0.0731. The van der Waals surface area contributed by atoms with E-state index in [1.165, 1.54) is 0 Å². The smallest absolute Gasteiger partial charge is 0.221 e. The van der Waals surface area contributed by atoms with E-state index in [-0.39, 0.29) is 5.91 Å². The first-order valence-electron chi connectivity index (χ1n) is 6.69. The van der Waals surface area contributed by atoms with Crippen molar-refractivity contribution in [1.29, 1.82) is 0 Å². The first kappa shape index (κ1) is 15.6. The van der Waals surface area contributed by atoms with Crippen molar-refractivity contribution < 1.29 is 4.79 Å². The molecule has 0 unspecified atom stereocenters. The molecule has 0 fully saturated rings. The van der Waals surface area contributed by atoms with E-state index in [0.717, 1.165) is 31.6 Å². The lowest BCUT2D eigenvalue weighted by molar-refractivity contribution is -0.121. The third kappa shape index (κ3) is 8.29. The van der Waals surface area contributed by atoms with Gasteiger partial charge in [-0.2, -0.15) is 0 Å². The third-order valence-electron chi connectivity index (χ3n) is 2.70. The Kier molecular flexibility index (Phi) is 7.77. The van der Waals surface area contributed by atoms with Gasteiger partial charge in [-0.3, -0.25) is 9.78 Å². The van der Waals surface area contributed by atoms with Gasteiger partial charge in [-0.1, -0.05) is 6.07 Å². The van der Waals surface area contributed by atoms with Gasteiger partial charge in [0.05, 0.1) is 0 Å². The Labute approximate surface area is 115 Å². The van der Waals surface area contributed by atoms with Crippen molar-refractivity contribution in [2.24, 2.45) is 0 Å². The number of nitrogens with zero attached hydrogens (tertiary/aromatic N) is 2. The summed E-state index contributed by atoms with van der Waals surface area (Å²) in [7, 11) is 4.12. The van der Waals surface area contributed by atoms with Crippen LogP contribution >= 0.6 is 0 Å². The molecule has 0 aromatic carbocycles. The summed E-state index contributed by atoms with van der Waals surface area (Å²) in [4.78, 5) is 17.7. The molecule has 1 rings (SSSR count). The van der Waals surface area contributed by atoms with Crippen LogP contribution in [0.5, 0.6) is 0 Å². The molecule has 1 amide bonds. The number of nitrogens with one attached hydrogen (secondary N) is 2. The summed E-state index contributed by atoms with van der Waals surface area (Å²) in [5.41, 5.74) is 1.02. The van der Waals surface area contributed by atoms with Crippen molar-refractivity contribution in [3.8, 4) is 0 Å². The molecule has 0 aliphatic heterocycles. The van der Waals surface area contributed by atoms with Crippen molar-refractivity contribution >= 4 is 5.91 Å². The molecule has 0 aliphatic carbocycles. The van der Waals surface area contributed by atoms with Crippen LogP contribution in [0.15, 0.2) is 24.5 Å². The predicted octanol–water partition coefficient (Wildman–Crippen LogP) is 0.629. The molecule has 106 valence electrons. The van der Waals surface area contributed by atoms with Gasteiger partial charge in [0.2, 0.25) is 5.91 Å². The second-order valence-corrected chi connectivity index (χ2v) is 4.79. The van der Waals surface area contributed by atoms with Crippen LogP contribution in [-0.4, -0.2) is 49.5 Å². The van der Waals surface area contributed by atoms with Crippen LogP contribution in [0.1, 0.15) is 18.4 Å². The molecule has 1 heterocycles.